The first-order chi connectivity index (χ1) is 14.9. The molecule has 2 aliphatic carbocycles. The summed E-state index contributed by atoms with van der Waals surface area (Å²) in [6.07, 6.45) is 7.84. The Labute approximate surface area is 181 Å². The Morgan fingerprint density at radius 3 is 2.45 bits per heavy atom. The van der Waals surface area contributed by atoms with Crippen molar-refractivity contribution in [3.8, 4) is 11.5 Å². The molecule has 1 aromatic heterocycles. The Hall–Kier alpha value is -3.35. The molecule has 2 aliphatic rings. The lowest BCUT2D eigenvalue weighted by molar-refractivity contribution is -0.120. The fourth-order valence-corrected chi connectivity index (χ4v) is 4.41. The summed E-state index contributed by atoms with van der Waals surface area (Å²) in [5.41, 5.74) is 3.26. The summed E-state index contributed by atoms with van der Waals surface area (Å²) < 4.78 is 10.9. The van der Waals surface area contributed by atoms with Gasteiger partial charge in [0.25, 0.3) is 5.91 Å². The Morgan fingerprint density at radius 2 is 1.84 bits per heavy atom. The van der Waals surface area contributed by atoms with Crippen molar-refractivity contribution in [3.05, 3.63) is 53.4 Å². The highest BCUT2D eigenvalue weighted by atomic mass is 16.5. The number of aryl methyl sites for hydroxylation is 2. The molecule has 3 atom stereocenters. The van der Waals surface area contributed by atoms with Gasteiger partial charge in [-0.15, -0.1) is 0 Å². The molecule has 0 radical (unpaired) electrons. The van der Waals surface area contributed by atoms with E-state index in [2.05, 4.69) is 27.8 Å². The third-order valence-corrected chi connectivity index (χ3v) is 6.21. The van der Waals surface area contributed by atoms with Crippen molar-refractivity contribution in [3.63, 3.8) is 0 Å². The molecular weight excluding hydrogens is 394 g/mol. The lowest BCUT2D eigenvalue weighted by atomic mass is 9.92. The number of ether oxygens (including phenoxy) is 2. The first-order valence-corrected chi connectivity index (χ1v) is 10.4. The van der Waals surface area contributed by atoms with E-state index in [4.69, 9.17) is 9.47 Å². The van der Waals surface area contributed by atoms with Crippen LogP contribution in [0.5, 0.6) is 11.5 Å². The van der Waals surface area contributed by atoms with Crippen molar-refractivity contribution in [2.24, 2.45) is 17.8 Å². The molecule has 2 bridgehead atoms. The number of benzene rings is 1. The van der Waals surface area contributed by atoms with Gasteiger partial charge in [-0.1, -0.05) is 12.2 Å². The number of fused-ring (bicyclic) bond motifs is 2. The summed E-state index contributed by atoms with van der Waals surface area (Å²) in [6.45, 7) is 3.85. The van der Waals surface area contributed by atoms with Crippen LogP contribution < -0.4 is 20.1 Å². The van der Waals surface area contributed by atoms with Gasteiger partial charge in [-0.05, 0) is 62.3 Å². The lowest BCUT2D eigenvalue weighted by Crippen LogP contribution is -2.26. The highest BCUT2D eigenvalue weighted by Crippen LogP contribution is 2.44. The van der Waals surface area contributed by atoms with Crippen molar-refractivity contribution in [1.29, 1.82) is 0 Å². The zero-order chi connectivity index (χ0) is 22.1. The van der Waals surface area contributed by atoms with Crippen LogP contribution in [0.2, 0.25) is 0 Å². The van der Waals surface area contributed by atoms with E-state index < -0.39 is 0 Å². The van der Waals surface area contributed by atoms with E-state index in [1.54, 1.807) is 18.3 Å². The Kier molecular flexibility index (Phi) is 5.67. The van der Waals surface area contributed by atoms with Crippen LogP contribution in [0.1, 0.15) is 34.5 Å². The zero-order valence-corrected chi connectivity index (χ0v) is 18.2. The molecule has 4 rings (SSSR count). The second-order valence-corrected chi connectivity index (χ2v) is 8.22. The maximum absolute atomic E-state index is 13.0. The molecule has 0 spiro atoms. The van der Waals surface area contributed by atoms with Crippen LogP contribution in [0.3, 0.4) is 0 Å². The van der Waals surface area contributed by atoms with E-state index in [9.17, 15) is 9.59 Å². The molecule has 7 heteroatoms. The van der Waals surface area contributed by atoms with Gasteiger partial charge in [-0.2, -0.15) is 0 Å². The van der Waals surface area contributed by atoms with E-state index in [-0.39, 0.29) is 23.7 Å². The number of carbonyl (C=O) groups is 2. The number of aromatic nitrogens is 1. The van der Waals surface area contributed by atoms with Gasteiger partial charge in [-0.25, -0.2) is 0 Å². The topological polar surface area (TPSA) is 89.5 Å². The molecule has 1 aromatic carbocycles. The van der Waals surface area contributed by atoms with Gasteiger partial charge in [0.2, 0.25) is 5.91 Å². The molecule has 7 nitrogen and oxygen atoms in total. The van der Waals surface area contributed by atoms with E-state index in [0.29, 0.717) is 34.4 Å². The fraction of sp³-hybridized carbons (Fsp3) is 0.375. The summed E-state index contributed by atoms with van der Waals surface area (Å²) in [4.78, 5) is 30.2. The van der Waals surface area contributed by atoms with E-state index in [1.807, 2.05) is 19.9 Å². The predicted molar refractivity (Wildman–Crippen MR) is 119 cm³/mol. The molecule has 2 N–H and O–H groups in total. The first-order valence-electron chi connectivity index (χ1n) is 10.4. The van der Waals surface area contributed by atoms with Gasteiger partial charge in [0.05, 0.1) is 31.8 Å². The average Bonchev–Trinajstić information content (AvgIpc) is 3.39. The number of pyridine rings is 1. The van der Waals surface area contributed by atoms with Crippen LogP contribution in [0.4, 0.5) is 11.4 Å². The van der Waals surface area contributed by atoms with Crippen molar-refractivity contribution >= 4 is 23.2 Å². The second kappa shape index (κ2) is 8.41. The van der Waals surface area contributed by atoms with E-state index in [0.717, 1.165) is 24.1 Å². The summed E-state index contributed by atoms with van der Waals surface area (Å²) in [6, 6.07) is 5.08. The molecule has 0 unspecified atom stereocenters. The number of anilines is 2. The van der Waals surface area contributed by atoms with Crippen LogP contribution >= 0.6 is 0 Å². The molecule has 162 valence electrons. The maximum atomic E-state index is 13.0. The van der Waals surface area contributed by atoms with Crippen LogP contribution in [-0.4, -0.2) is 31.0 Å². The highest BCUT2D eigenvalue weighted by Gasteiger charge is 2.40. The fourth-order valence-electron chi connectivity index (χ4n) is 4.41. The van der Waals surface area contributed by atoms with Crippen LogP contribution in [-0.2, 0) is 4.79 Å². The molecule has 1 heterocycles. The van der Waals surface area contributed by atoms with Crippen LogP contribution in [0, 0.1) is 31.6 Å². The number of nitrogens with zero attached hydrogens (tertiary/aromatic N) is 1. The Morgan fingerprint density at radius 1 is 1.03 bits per heavy atom. The van der Waals surface area contributed by atoms with Gasteiger partial charge in [0.15, 0.2) is 11.5 Å². The number of amides is 2. The highest BCUT2D eigenvalue weighted by molar-refractivity contribution is 6.06. The standard InChI is InChI=1S/C24H27N3O4/c1-13-7-18(12-25-14(13)2)26-23(28)17-10-20(22(31-4)21(11-17)30-3)27-24(29)19-9-15-5-6-16(19)8-15/h5-7,10-12,15-16,19H,8-9H2,1-4H3,(H,26,28)(H,27,29)/t15-,16+,19+/m1/s1. The van der Waals surface area contributed by atoms with E-state index in [1.165, 1.54) is 14.2 Å². The smallest absolute Gasteiger partial charge is 0.255 e. The average molecular weight is 421 g/mol. The van der Waals surface area contributed by atoms with Gasteiger partial charge in [-0.3, -0.25) is 14.6 Å². The third-order valence-electron chi connectivity index (χ3n) is 6.21. The number of rotatable bonds is 6. The Balaban J connectivity index is 1.59. The summed E-state index contributed by atoms with van der Waals surface area (Å²) in [5, 5.41) is 5.82. The SMILES string of the molecule is COc1cc(C(=O)Nc2cnc(C)c(C)c2)cc(NC(=O)[C@H]2C[C@@H]3C=C[C@H]2C3)c1OC. The van der Waals surface area contributed by atoms with E-state index >= 15 is 0 Å². The lowest BCUT2D eigenvalue weighted by Gasteiger charge is -2.20. The van der Waals surface area contributed by atoms with Gasteiger partial charge in [0, 0.05) is 17.2 Å². The van der Waals surface area contributed by atoms with Gasteiger partial charge in [0.1, 0.15) is 0 Å². The molecule has 2 aromatic rings. The number of hydrogen-bond acceptors (Lipinski definition) is 5. The Bertz CT molecular complexity index is 1060. The third kappa shape index (κ3) is 4.13. The summed E-state index contributed by atoms with van der Waals surface area (Å²) in [7, 11) is 3.01. The zero-order valence-electron chi connectivity index (χ0n) is 18.2. The number of allylic oxidation sites excluding steroid dienone is 2. The quantitative estimate of drug-likeness (QED) is 0.685. The molecule has 31 heavy (non-hydrogen) atoms. The normalized spacial score (nSPS) is 21.1. The van der Waals surface area contributed by atoms with Crippen molar-refractivity contribution < 1.29 is 19.1 Å². The molecule has 1 saturated carbocycles. The predicted octanol–water partition coefficient (Wildman–Crippen LogP) is 4.12. The molecular formula is C24H27N3O4. The second-order valence-electron chi connectivity index (χ2n) is 8.22. The molecule has 1 fully saturated rings. The summed E-state index contributed by atoms with van der Waals surface area (Å²) >= 11 is 0. The molecule has 2 amide bonds. The van der Waals surface area contributed by atoms with Crippen molar-refractivity contribution in [1.82, 2.24) is 4.98 Å². The van der Waals surface area contributed by atoms with Crippen molar-refractivity contribution in [2.75, 3.05) is 24.9 Å². The number of nitrogens with one attached hydrogen (secondary N) is 2. The minimum atomic E-state index is -0.329. The molecule has 0 aliphatic heterocycles. The monoisotopic (exact) mass is 421 g/mol. The van der Waals surface area contributed by atoms with Gasteiger partial charge < -0.3 is 20.1 Å². The van der Waals surface area contributed by atoms with Crippen LogP contribution in [0.15, 0.2) is 36.5 Å². The number of carbonyl (C=O) groups excluding carboxylic acids is 2. The largest absolute Gasteiger partial charge is 0.493 e. The minimum Gasteiger partial charge on any atom is -0.493 e. The number of hydrogen-bond donors (Lipinski definition) is 2. The van der Waals surface area contributed by atoms with Crippen LogP contribution in [0.25, 0.3) is 0 Å². The summed E-state index contributed by atoms with van der Waals surface area (Å²) in [5.74, 6) is 1.07. The maximum Gasteiger partial charge on any atom is 0.255 e. The number of methoxy groups -OCH3 is 2. The first kappa shape index (κ1) is 20.9. The minimum absolute atomic E-state index is 0.0619. The van der Waals surface area contributed by atoms with Gasteiger partial charge >= 0.3 is 0 Å². The van der Waals surface area contributed by atoms with Crippen molar-refractivity contribution in [2.45, 2.75) is 26.7 Å². The molecule has 0 saturated heterocycles.